The number of sulfone groups is 1. The fourth-order valence-corrected chi connectivity index (χ4v) is 4.48. The number of aryl methyl sites for hydroxylation is 1. The highest BCUT2D eigenvalue weighted by Crippen LogP contribution is 2.26. The standard InChI is InChI=1S/C14H25N3O3S/c1-10(8-18)6-15-7-14-11(2)16-17(12(14)3)13-4-5-21(19,20)9-13/h10,13,15,18H,4-9H2,1-3H3. The summed E-state index contributed by atoms with van der Waals surface area (Å²) in [5.74, 6) is 0.682. The first-order valence-electron chi connectivity index (χ1n) is 7.40. The van der Waals surface area contributed by atoms with E-state index in [9.17, 15) is 8.42 Å². The molecule has 2 rings (SSSR count). The van der Waals surface area contributed by atoms with Crippen molar-refractivity contribution < 1.29 is 13.5 Å². The number of aromatic nitrogens is 2. The minimum atomic E-state index is -2.90. The van der Waals surface area contributed by atoms with E-state index in [1.165, 1.54) is 0 Å². The number of hydrogen-bond acceptors (Lipinski definition) is 5. The summed E-state index contributed by atoms with van der Waals surface area (Å²) >= 11 is 0. The van der Waals surface area contributed by atoms with Crippen LogP contribution in [0.1, 0.15) is 36.3 Å². The zero-order valence-electron chi connectivity index (χ0n) is 13.0. The van der Waals surface area contributed by atoms with Crippen molar-refractivity contribution in [3.63, 3.8) is 0 Å². The molecule has 0 aliphatic carbocycles. The number of nitrogens with one attached hydrogen (secondary N) is 1. The minimum Gasteiger partial charge on any atom is -0.396 e. The average Bonchev–Trinajstić information content (AvgIpc) is 2.91. The molecule has 0 saturated carbocycles. The van der Waals surface area contributed by atoms with Crippen LogP contribution in [0.15, 0.2) is 0 Å². The molecule has 2 atom stereocenters. The molecule has 1 fully saturated rings. The maximum atomic E-state index is 11.6. The van der Waals surface area contributed by atoms with Crippen LogP contribution in [0.4, 0.5) is 0 Å². The molecule has 120 valence electrons. The smallest absolute Gasteiger partial charge is 0.152 e. The summed E-state index contributed by atoms with van der Waals surface area (Å²) in [4.78, 5) is 0. The van der Waals surface area contributed by atoms with Gasteiger partial charge in [0.15, 0.2) is 9.84 Å². The van der Waals surface area contributed by atoms with E-state index in [-0.39, 0.29) is 30.1 Å². The molecule has 6 nitrogen and oxygen atoms in total. The number of hydrogen-bond donors (Lipinski definition) is 2. The number of rotatable bonds is 6. The highest BCUT2D eigenvalue weighted by Gasteiger charge is 2.31. The molecule has 7 heteroatoms. The van der Waals surface area contributed by atoms with Crippen LogP contribution in [0.5, 0.6) is 0 Å². The third kappa shape index (κ3) is 3.84. The molecule has 2 N–H and O–H groups in total. The van der Waals surface area contributed by atoms with Gasteiger partial charge in [-0.2, -0.15) is 5.10 Å². The van der Waals surface area contributed by atoms with E-state index in [2.05, 4.69) is 10.4 Å². The van der Waals surface area contributed by atoms with Crippen LogP contribution in [0, 0.1) is 19.8 Å². The Morgan fingerprint density at radius 1 is 1.48 bits per heavy atom. The molecule has 1 saturated heterocycles. The lowest BCUT2D eigenvalue weighted by atomic mass is 10.1. The summed E-state index contributed by atoms with van der Waals surface area (Å²) in [7, 11) is -2.90. The van der Waals surface area contributed by atoms with Gasteiger partial charge in [-0.3, -0.25) is 4.68 Å². The van der Waals surface area contributed by atoms with E-state index in [0.717, 1.165) is 23.5 Å². The Kier molecular flexibility index (Phi) is 5.06. The molecule has 2 unspecified atom stereocenters. The van der Waals surface area contributed by atoms with Crippen molar-refractivity contribution in [1.82, 2.24) is 15.1 Å². The summed E-state index contributed by atoms with van der Waals surface area (Å²) in [5, 5.41) is 16.9. The van der Waals surface area contributed by atoms with Crippen molar-refractivity contribution in [3.05, 3.63) is 17.0 Å². The molecule has 0 radical (unpaired) electrons. The van der Waals surface area contributed by atoms with Crippen LogP contribution in [0.2, 0.25) is 0 Å². The van der Waals surface area contributed by atoms with Gasteiger partial charge >= 0.3 is 0 Å². The largest absolute Gasteiger partial charge is 0.396 e. The van der Waals surface area contributed by atoms with E-state index in [1.807, 2.05) is 25.5 Å². The molecule has 1 aromatic rings. The van der Waals surface area contributed by atoms with Gasteiger partial charge in [0.05, 0.1) is 23.2 Å². The van der Waals surface area contributed by atoms with E-state index in [1.54, 1.807) is 0 Å². The van der Waals surface area contributed by atoms with Gasteiger partial charge in [0.1, 0.15) is 0 Å². The molecule has 0 bridgehead atoms. The van der Waals surface area contributed by atoms with Crippen molar-refractivity contribution in [2.45, 2.75) is 39.8 Å². The summed E-state index contributed by atoms with van der Waals surface area (Å²) in [6.07, 6.45) is 0.651. The molecular weight excluding hydrogens is 290 g/mol. The topological polar surface area (TPSA) is 84.2 Å². The van der Waals surface area contributed by atoms with Gasteiger partial charge in [0.2, 0.25) is 0 Å². The van der Waals surface area contributed by atoms with Crippen LogP contribution >= 0.6 is 0 Å². The zero-order valence-corrected chi connectivity index (χ0v) is 13.8. The van der Waals surface area contributed by atoms with Gasteiger partial charge in [-0.25, -0.2) is 8.42 Å². The van der Waals surface area contributed by atoms with Crippen LogP contribution in [-0.4, -0.2) is 48.0 Å². The minimum absolute atomic E-state index is 0.0289. The Morgan fingerprint density at radius 3 is 2.76 bits per heavy atom. The van der Waals surface area contributed by atoms with Gasteiger partial charge in [0.25, 0.3) is 0 Å². The predicted octanol–water partition coefficient (Wildman–Crippen LogP) is 0.578. The van der Waals surface area contributed by atoms with Crippen molar-refractivity contribution >= 4 is 9.84 Å². The molecule has 21 heavy (non-hydrogen) atoms. The van der Waals surface area contributed by atoms with E-state index >= 15 is 0 Å². The number of aliphatic hydroxyl groups is 1. The van der Waals surface area contributed by atoms with Crippen LogP contribution < -0.4 is 5.32 Å². The number of aliphatic hydroxyl groups excluding tert-OH is 1. The lowest BCUT2D eigenvalue weighted by molar-refractivity contribution is 0.233. The Labute approximate surface area is 126 Å². The third-order valence-electron chi connectivity index (χ3n) is 4.14. The fraction of sp³-hybridized carbons (Fsp3) is 0.786. The monoisotopic (exact) mass is 315 g/mol. The van der Waals surface area contributed by atoms with E-state index in [0.29, 0.717) is 13.0 Å². The fourth-order valence-electron chi connectivity index (χ4n) is 2.78. The van der Waals surface area contributed by atoms with Gasteiger partial charge in [0, 0.05) is 31.0 Å². The molecule has 1 aliphatic rings. The molecule has 0 amide bonds. The van der Waals surface area contributed by atoms with Crippen molar-refractivity contribution in [2.75, 3.05) is 24.7 Å². The van der Waals surface area contributed by atoms with E-state index in [4.69, 9.17) is 5.11 Å². The molecule has 1 aliphatic heterocycles. The van der Waals surface area contributed by atoms with Gasteiger partial charge in [-0.15, -0.1) is 0 Å². The van der Waals surface area contributed by atoms with Gasteiger partial charge < -0.3 is 10.4 Å². The molecule has 2 heterocycles. The molecule has 0 aromatic carbocycles. The van der Waals surface area contributed by atoms with E-state index < -0.39 is 9.84 Å². The summed E-state index contributed by atoms with van der Waals surface area (Å²) in [6.45, 7) is 7.56. The highest BCUT2D eigenvalue weighted by molar-refractivity contribution is 7.91. The first-order chi connectivity index (χ1) is 9.84. The van der Waals surface area contributed by atoms with Crippen molar-refractivity contribution in [3.8, 4) is 0 Å². The molecular formula is C14H25N3O3S. The highest BCUT2D eigenvalue weighted by atomic mass is 32.2. The predicted molar refractivity (Wildman–Crippen MR) is 82.0 cm³/mol. The zero-order chi connectivity index (χ0) is 15.6. The second-order valence-corrected chi connectivity index (χ2v) is 8.30. The summed E-state index contributed by atoms with van der Waals surface area (Å²) in [6, 6.07) is -0.0289. The lowest BCUT2D eigenvalue weighted by Crippen LogP contribution is -2.23. The first kappa shape index (κ1) is 16.5. The van der Waals surface area contributed by atoms with Crippen molar-refractivity contribution in [1.29, 1.82) is 0 Å². The van der Waals surface area contributed by atoms with Crippen LogP contribution in [0.25, 0.3) is 0 Å². The lowest BCUT2D eigenvalue weighted by Gasteiger charge is -2.12. The number of nitrogens with zero attached hydrogens (tertiary/aromatic N) is 2. The van der Waals surface area contributed by atoms with Crippen LogP contribution in [-0.2, 0) is 16.4 Å². The maximum absolute atomic E-state index is 11.6. The maximum Gasteiger partial charge on any atom is 0.152 e. The summed E-state index contributed by atoms with van der Waals surface area (Å²) < 4.78 is 25.1. The average molecular weight is 315 g/mol. The summed E-state index contributed by atoms with van der Waals surface area (Å²) in [5.41, 5.74) is 3.11. The SMILES string of the molecule is Cc1nn(C2CCS(=O)(=O)C2)c(C)c1CNCC(C)CO. The third-order valence-corrected chi connectivity index (χ3v) is 5.89. The Hall–Kier alpha value is -0.920. The molecule has 1 aromatic heterocycles. The quantitative estimate of drug-likeness (QED) is 0.802. The molecule has 0 spiro atoms. The van der Waals surface area contributed by atoms with Gasteiger partial charge in [-0.1, -0.05) is 6.92 Å². The second-order valence-electron chi connectivity index (χ2n) is 6.07. The second kappa shape index (κ2) is 6.46. The Balaban J connectivity index is 2.07. The Morgan fingerprint density at radius 2 is 2.19 bits per heavy atom. The Bertz CT molecular complexity index is 595. The first-order valence-corrected chi connectivity index (χ1v) is 9.22. The van der Waals surface area contributed by atoms with Crippen molar-refractivity contribution in [2.24, 2.45) is 5.92 Å². The normalized spacial score (nSPS) is 22.6. The van der Waals surface area contributed by atoms with Gasteiger partial charge in [-0.05, 0) is 26.2 Å². The van der Waals surface area contributed by atoms with Crippen LogP contribution in [0.3, 0.4) is 0 Å².